The molecule has 0 aliphatic carbocycles. The van der Waals surface area contributed by atoms with Crippen molar-refractivity contribution in [1.29, 1.82) is 0 Å². The second-order valence-electron chi connectivity index (χ2n) is 6.62. The molecule has 1 aromatic heterocycles. The first-order valence-electron chi connectivity index (χ1n) is 7.80. The quantitative estimate of drug-likeness (QED) is 0.842. The van der Waals surface area contributed by atoms with Crippen molar-refractivity contribution in [2.24, 2.45) is 0 Å². The van der Waals surface area contributed by atoms with Crippen LogP contribution < -0.4 is 5.32 Å². The van der Waals surface area contributed by atoms with Gasteiger partial charge in [-0.3, -0.25) is 4.79 Å². The summed E-state index contributed by atoms with van der Waals surface area (Å²) >= 11 is 1.60. The van der Waals surface area contributed by atoms with Gasteiger partial charge in [-0.25, -0.2) is 9.78 Å². The molecular weight excluding hydrogens is 324 g/mol. The minimum absolute atomic E-state index is 0.0263. The standard InChI is InChI=1S/C18H22N2O3S/c1-18(2,3)14-11-24-16(20-14)8-9-19-15(21)10-12-6-4-5-7-13(12)17(22)23/h4-7,11H,8-10H2,1-3H3,(H,19,21)(H,22,23). The molecular formula is C18H22N2O3S. The molecule has 0 unspecified atom stereocenters. The Bertz CT molecular complexity index is 732. The van der Waals surface area contributed by atoms with Gasteiger partial charge in [0.15, 0.2) is 0 Å². The van der Waals surface area contributed by atoms with Gasteiger partial charge in [0.1, 0.15) is 0 Å². The number of carbonyl (C=O) groups excluding carboxylic acids is 1. The number of thiazole rings is 1. The first kappa shape index (κ1) is 18.1. The zero-order valence-electron chi connectivity index (χ0n) is 14.1. The van der Waals surface area contributed by atoms with Crippen LogP contribution in [0.3, 0.4) is 0 Å². The van der Waals surface area contributed by atoms with Gasteiger partial charge in [-0.05, 0) is 11.6 Å². The highest BCUT2D eigenvalue weighted by atomic mass is 32.1. The van der Waals surface area contributed by atoms with E-state index >= 15 is 0 Å². The van der Waals surface area contributed by atoms with E-state index in [-0.39, 0.29) is 23.3 Å². The van der Waals surface area contributed by atoms with Crippen LogP contribution in [-0.4, -0.2) is 28.5 Å². The molecule has 0 saturated heterocycles. The third-order valence-corrected chi connectivity index (χ3v) is 4.49. The number of hydrogen-bond acceptors (Lipinski definition) is 4. The van der Waals surface area contributed by atoms with Crippen LogP contribution in [0.5, 0.6) is 0 Å². The van der Waals surface area contributed by atoms with E-state index in [9.17, 15) is 9.59 Å². The Morgan fingerprint density at radius 2 is 1.96 bits per heavy atom. The molecule has 0 bridgehead atoms. The molecule has 128 valence electrons. The number of carbonyl (C=O) groups is 2. The molecule has 2 aromatic rings. The predicted molar refractivity (Wildman–Crippen MR) is 94.6 cm³/mol. The largest absolute Gasteiger partial charge is 0.478 e. The molecule has 6 heteroatoms. The van der Waals surface area contributed by atoms with Crippen LogP contribution in [0.4, 0.5) is 0 Å². The number of carboxylic acid groups (broad SMARTS) is 1. The van der Waals surface area contributed by atoms with Crippen LogP contribution in [0.15, 0.2) is 29.6 Å². The Hall–Kier alpha value is -2.21. The summed E-state index contributed by atoms with van der Waals surface area (Å²) < 4.78 is 0. The molecule has 0 atom stereocenters. The molecule has 0 saturated carbocycles. The SMILES string of the molecule is CC(C)(C)c1csc(CCNC(=O)Cc2ccccc2C(=O)O)n1. The number of nitrogens with zero attached hydrogens (tertiary/aromatic N) is 1. The number of benzene rings is 1. The van der Waals surface area contributed by atoms with E-state index in [4.69, 9.17) is 5.11 Å². The normalized spacial score (nSPS) is 11.3. The van der Waals surface area contributed by atoms with Crippen molar-refractivity contribution in [3.05, 3.63) is 51.5 Å². The lowest BCUT2D eigenvalue weighted by Crippen LogP contribution is -2.27. The van der Waals surface area contributed by atoms with Crippen LogP contribution >= 0.6 is 11.3 Å². The maximum Gasteiger partial charge on any atom is 0.335 e. The molecule has 0 radical (unpaired) electrons. The van der Waals surface area contributed by atoms with Crippen molar-refractivity contribution >= 4 is 23.2 Å². The number of hydrogen-bond donors (Lipinski definition) is 2. The summed E-state index contributed by atoms with van der Waals surface area (Å²) in [6.07, 6.45) is 0.737. The summed E-state index contributed by atoms with van der Waals surface area (Å²) in [7, 11) is 0. The predicted octanol–water partition coefficient (Wildman–Crippen LogP) is 3.04. The van der Waals surface area contributed by atoms with Crippen LogP contribution in [0.2, 0.25) is 0 Å². The number of aromatic nitrogens is 1. The second kappa shape index (κ2) is 7.57. The van der Waals surface area contributed by atoms with E-state index in [1.165, 1.54) is 6.07 Å². The fourth-order valence-corrected chi connectivity index (χ4v) is 3.22. The molecule has 2 N–H and O–H groups in total. The van der Waals surface area contributed by atoms with E-state index in [1.807, 2.05) is 0 Å². The Morgan fingerprint density at radius 3 is 2.58 bits per heavy atom. The lowest BCUT2D eigenvalue weighted by molar-refractivity contribution is -0.120. The number of carboxylic acids is 1. The Labute approximate surface area is 145 Å². The number of aromatic carboxylic acids is 1. The lowest BCUT2D eigenvalue weighted by Gasteiger charge is -2.14. The fraction of sp³-hybridized carbons (Fsp3) is 0.389. The first-order valence-corrected chi connectivity index (χ1v) is 8.68. The minimum atomic E-state index is -1.02. The molecule has 24 heavy (non-hydrogen) atoms. The van der Waals surface area contributed by atoms with Gasteiger partial charge in [-0.2, -0.15) is 0 Å². The van der Waals surface area contributed by atoms with E-state index < -0.39 is 5.97 Å². The van der Waals surface area contributed by atoms with Gasteiger partial charge in [-0.1, -0.05) is 39.0 Å². The van der Waals surface area contributed by atoms with E-state index in [0.717, 1.165) is 10.7 Å². The van der Waals surface area contributed by atoms with Gasteiger partial charge in [0.2, 0.25) is 5.91 Å². The number of amides is 1. The Balaban J connectivity index is 1.86. The third kappa shape index (κ3) is 4.89. The lowest BCUT2D eigenvalue weighted by atomic mass is 9.93. The van der Waals surface area contributed by atoms with Crippen LogP contribution in [0.1, 0.15) is 47.4 Å². The van der Waals surface area contributed by atoms with Crippen molar-refractivity contribution in [1.82, 2.24) is 10.3 Å². The summed E-state index contributed by atoms with van der Waals surface area (Å²) in [4.78, 5) is 27.8. The molecule has 0 spiro atoms. The van der Waals surface area contributed by atoms with Crippen molar-refractivity contribution in [3.63, 3.8) is 0 Å². The van der Waals surface area contributed by atoms with Gasteiger partial charge in [0, 0.05) is 23.8 Å². The summed E-state index contributed by atoms with van der Waals surface area (Å²) in [6.45, 7) is 6.85. The van der Waals surface area contributed by atoms with Gasteiger partial charge in [0.05, 0.1) is 22.7 Å². The van der Waals surface area contributed by atoms with Crippen molar-refractivity contribution in [2.45, 2.75) is 39.0 Å². The number of rotatable bonds is 6. The molecule has 2 rings (SSSR count). The molecule has 1 amide bonds. The average molecular weight is 346 g/mol. The van der Waals surface area contributed by atoms with E-state index in [2.05, 4.69) is 36.5 Å². The monoisotopic (exact) mass is 346 g/mol. The molecule has 0 aliphatic rings. The van der Waals surface area contributed by atoms with Crippen LogP contribution in [0.25, 0.3) is 0 Å². The first-order chi connectivity index (χ1) is 11.3. The van der Waals surface area contributed by atoms with Crippen molar-refractivity contribution in [2.75, 3.05) is 6.54 Å². The fourth-order valence-electron chi connectivity index (χ4n) is 2.20. The highest BCUT2D eigenvalue weighted by molar-refractivity contribution is 7.09. The summed E-state index contributed by atoms with van der Waals surface area (Å²) in [6, 6.07) is 6.56. The van der Waals surface area contributed by atoms with Gasteiger partial charge in [-0.15, -0.1) is 11.3 Å². The summed E-state index contributed by atoms with van der Waals surface area (Å²) in [5.74, 6) is -1.20. The molecule has 0 aliphatic heterocycles. The minimum Gasteiger partial charge on any atom is -0.478 e. The molecule has 0 fully saturated rings. The summed E-state index contributed by atoms with van der Waals surface area (Å²) in [5, 5.41) is 15.0. The van der Waals surface area contributed by atoms with Crippen LogP contribution in [0, 0.1) is 0 Å². The second-order valence-corrected chi connectivity index (χ2v) is 7.56. The molecule has 1 heterocycles. The van der Waals surface area contributed by atoms with E-state index in [0.29, 0.717) is 18.5 Å². The zero-order valence-corrected chi connectivity index (χ0v) is 14.9. The Morgan fingerprint density at radius 1 is 1.25 bits per heavy atom. The third-order valence-electron chi connectivity index (χ3n) is 3.58. The van der Waals surface area contributed by atoms with Gasteiger partial charge in [0.25, 0.3) is 0 Å². The maximum absolute atomic E-state index is 12.0. The molecule has 5 nitrogen and oxygen atoms in total. The van der Waals surface area contributed by atoms with Gasteiger partial charge >= 0.3 is 5.97 Å². The highest BCUT2D eigenvalue weighted by Gasteiger charge is 2.17. The Kier molecular flexibility index (Phi) is 5.72. The van der Waals surface area contributed by atoms with E-state index in [1.54, 1.807) is 29.5 Å². The smallest absolute Gasteiger partial charge is 0.335 e. The zero-order chi connectivity index (χ0) is 17.7. The van der Waals surface area contributed by atoms with Gasteiger partial charge < -0.3 is 10.4 Å². The number of nitrogens with one attached hydrogen (secondary N) is 1. The average Bonchev–Trinajstić information content (AvgIpc) is 2.96. The topological polar surface area (TPSA) is 79.3 Å². The molecule has 1 aromatic carbocycles. The van der Waals surface area contributed by atoms with Crippen molar-refractivity contribution < 1.29 is 14.7 Å². The summed E-state index contributed by atoms with van der Waals surface area (Å²) in [5.41, 5.74) is 1.77. The maximum atomic E-state index is 12.0. The van der Waals surface area contributed by atoms with Crippen LogP contribution in [-0.2, 0) is 23.1 Å². The highest BCUT2D eigenvalue weighted by Crippen LogP contribution is 2.23. The van der Waals surface area contributed by atoms with Crippen molar-refractivity contribution in [3.8, 4) is 0 Å².